The Kier molecular flexibility index (Phi) is 5.28. The van der Waals surface area contributed by atoms with Gasteiger partial charge in [-0.05, 0) is 36.8 Å². The molecule has 3 aromatic rings. The molecule has 0 spiro atoms. The number of nitrogens with one attached hydrogen (secondary N) is 1. The fourth-order valence-electron chi connectivity index (χ4n) is 2.56. The van der Waals surface area contributed by atoms with Gasteiger partial charge in [0.25, 0.3) is 5.91 Å². The Morgan fingerprint density at radius 1 is 1.35 bits per heavy atom. The van der Waals surface area contributed by atoms with Crippen LogP contribution in [0.15, 0.2) is 55.0 Å². The van der Waals surface area contributed by atoms with Crippen molar-refractivity contribution in [1.82, 2.24) is 20.1 Å². The lowest BCUT2D eigenvalue weighted by Crippen LogP contribution is -2.27. The van der Waals surface area contributed by atoms with Crippen molar-refractivity contribution in [3.8, 4) is 11.4 Å². The maximum Gasteiger partial charge on any atom is 0.270 e. The second kappa shape index (κ2) is 7.79. The third kappa shape index (κ3) is 3.73. The SMILES string of the molecule is COc1ccccc1-n1cc(C(C)NC(=O)c2cc(CO)ccn2)cn1. The van der Waals surface area contributed by atoms with Gasteiger partial charge < -0.3 is 15.2 Å². The Morgan fingerprint density at radius 2 is 2.15 bits per heavy atom. The molecule has 1 amide bonds. The van der Waals surface area contributed by atoms with Gasteiger partial charge in [-0.3, -0.25) is 9.78 Å². The molecule has 0 aliphatic rings. The fourth-order valence-corrected chi connectivity index (χ4v) is 2.56. The van der Waals surface area contributed by atoms with E-state index in [0.29, 0.717) is 11.3 Å². The molecule has 2 aromatic heterocycles. The number of hydrogen-bond donors (Lipinski definition) is 2. The quantitative estimate of drug-likeness (QED) is 0.710. The van der Waals surface area contributed by atoms with Crippen molar-refractivity contribution in [3.63, 3.8) is 0 Å². The van der Waals surface area contributed by atoms with Crippen LogP contribution in [0, 0.1) is 0 Å². The van der Waals surface area contributed by atoms with Gasteiger partial charge in [0.15, 0.2) is 0 Å². The molecule has 3 rings (SSSR count). The molecule has 2 N–H and O–H groups in total. The van der Waals surface area contributed by atoms with Crippen molar-refractivity contribution in [2.24, 2.45) is 0 Å². The Morgan fingerprint density at radius 3 is 2.92 bits per heavy atom. The molecule has 0 fully saturated rings. The number of para-hydroxylation sites is 2. The first-order valence-electron chi connectivity index (χ1n) is 8.17. The van der Waals surface area contributed by atoms with Gasteiger partial charge in [0.2, 0.25) is 0 Å². The highest BCUT2D eigenvalue weighted by atomic mass is 16.5. The molecule has 7 nitrogen and oxygen atoms in total. The molecule has 0 saturated heterocycles. The van der Waals surface area contributed by atoms with Crippen LogP contribution >= 0.6 is 0 Å². The maximum atomic E-state index is 12.4. The summed E-state index contributed by atoms with van der Waals surface area (Å²) in [6.07, 6.45) is 5.06. The van der Waals surface area contributed by atoms with E-state index in [1.807, 2.05) is 37.4 Å². The lowest BCUT2D eigenvalue weighted by Gasteiger charge is -2.12. The van der Waals surface area contributed by atoms with E-state index in [1.54, 1.807) is 30.1 Å². The summed E-state index contributed by atoms with van der Waals surface area (Å²) >= 11 is 0. The van der Waals surface area contributed by atoms with Crippen molar-refractivity contribution < 1.29 is 14.6 Å². The molecule has 0 aliphatic heterocycles. The minimum absolute atomic E-state index is 0.135. The van der Waals surface area contributed by atoms with Crippen LogP contribution in [0.4, 0.5) is 0 Å². The Labute approximate surface area is 151 Å². The molecule has 0 aliphatic carbocycles. The van der Waals surface area contributed by atoms with E-state index in [9.17, 15) is 9.90 Å². The van der Waals surface area contributed by atoms with Gasteiger partial charge in [0.1, 0.15) is 17.1 Å². The molecule has 134 valence electrons. The maximum absolute atomic E-state index is 12.4. The Balaban J connectivity index is 1.75. The Bertz CT molecular complexity index is 907. The number of aliphatic hydroxyl groups is 1. The number of methoxy groups -OCH3 is 1. The first kappa shape index (κ1) is 17.6. The number of rotatable bonds is 6. The average Bonchev–Trinajstić information content (AvgIpc) is 3.18. The van der Waals surface area contributed by atoms with Crippen LogP contribution in [-0.2, 0) is 6.61 Å². The van der Waals surface area contributed by atoms with Gasteiger partial charge in [-0.1, -0.05) is 12.1 Å². The van der Waals surface area contributed by atoms with Crippen molar-refractivity contribution in [1.29, 1.82) is 0 Å². The number of hydrogen-bond acceptors (Lipinski definition) is 5. The van der Waals surface area contributed by atoms with Crippen LogP contribution in [0.25, 0.3) is 5.69 Å². The van der Waals surface area contributed by atoms with Crippen LogP contribution in [-0.4, -0.2) is 32.9 Å². The zero-order chi connectivity index (χ0) is 18.5. The van der Waals surface area contributed by atoms with Crippen LogP contribution in [0.5, 0.6) is 5.75 Å². The number of amides is 1. The van der Waals surface area contributed by atoms with Gasteiger partial charge in [0, 0.05) is 18.0 Å². The number of carbonyl (C=O) groups excluding carboxylic acids is 1. The number of aliphatic hydroxyl groups excluding tert-OH is 1. The number of benzene rings is 1. The summed E-state index contributed by atoms with van der Waals surface area (Å²) in [7, 11) is 1.61. The molecular weight excluding hydrogens is 332 g/mol. The normalized spacial score (nSPS) is 11.8. The van der Waals surface area contributed by atoms with E-state index >= 15 is 0 Å². The molecule has 26 heavy (non-hydrogen) atoms. The number of aromatic nitrogens is 3. The summed E-state index contributed by atoms with van der Waals surface area (Å²) in [4.78, 5) is 16.4. The molecule has 0 radical (unpaired) electrons. The first-order chi connectivity index (χ1) is 12.6. The zero-order valence-electron chi connectivity index (χ0n) is 14.6. The van der Waals surface area contributed by atoms with Crippen molar-refractivity contribution in [3.05, 3.63) is 71.8 Å². The molecule has 2 heterocycles. The highest BCUT2D eigenvalue weighted by molar-refractivity contribution is 5.92. The smallest absolute Gasteiger partial charge is 0.270 e. The van der Waals surface area contributed by atoms with Crippen LogP contribution in [0.3, 0.4) is 0 Å². The number of pyridine rings is 1. The fraction of sp³-hybridized carbons (Fsp3) is 0.211. The highest BCUT2D eigenvalue weighted by Crippen LogP contribution is 2.23. The summed E-state index contributed by atoms with van der Waals surface area (Å²) in [6, 6.07) is 10.5. The lowest BCUT2D eigenvalue weighted by molar-refractivity contribution is 0.0934. The predicted octanol–water partition coefficient (Wildman–Crippen LogP) is 2.26. The van der Waals surface area contributed by atoms with Crippen LogP contribution < -0.4 is 10.1 Å². The standard InChI is InChI=1S/C19H20N4O3/c1-13(22-19(25)16-9-14(12-24)7-8-20-16)15-10-21-23(11-15)17-5-3-4-6-18(17)26-2/h3-11,13,24H,12H2,1-2H3,(H,22,25). The predicted molar refractivity (Wildman–Crippen MR) is 96.2 cm³/mol. The first-order valence-corrected chi connectivity index (χ1v) is 8.17. The van der Waals surface area contributed by atoms with Gasteiger partial charge in [-0.2, -0.15) is 5.10 Å². The monoisotopic (exact) mass is 352 g/mol. The minimum atomic E-state index is -0.308. The van der Waals surface area contributed by atoms with Gasteiger partial charge in [-0.25, -0.2) is 4.68 Å². The van der Waals surface area contributed by atoms with Crippen molar-refractivity contribution in [2.45, 2.75) is 19.6 Å². The molecule has 0 saturated carbocycles. The average molecular weight is 352 g/mol. The minimum Gasteiger partial charge on any atom is -0.494 e. The summed E-state index contributed by atoms with van der Waals surface area (Å²) < 4.78 is 7.06. The number of ether oxygens (including phenoxy) is 1. The molecule has 1 unspecified atom stereocenters. The van der Waals surface area contributed by atoms with Crippen LogP contribution in [0.2, 0.25) is 0 Å². The largest absolute Gasteiger partial charge is 0.494 e. The summed E-state index contributed by atoms with van der Waals surface area (Å²) in [5.74, 6) is 0.404. The van der Waals surface area contributed by atoms with E-state index in [0.717, 1.165) is 11.3 Å². The van der Waals surface area contributed by atoms with E-state index < -0.39 is 0 Å². The second-order valence-electron chi connectivity index (χ2n) is 5.79. The third-order valence-electron chi connectivity index (χ3n) is 4.02. The highest BCUT2D eigenvalue weighted by Gasteiger charge is 2.15. The summed E-state index contributed by atoms with van der Waals surface area (Å²) in [5.41, 5.74) is 2.57. The van der Waals surface area contributed by atoms with Gasteiger partial charge in [-0.15, -0.1) is 0 Å². The number of carbonyl (C=O) groups is 1. The molecule has 7 heteroatoms. The van der Waals surface area contributed by atoms with E-state index in [-0.39, 0.29) is 24.2 Å². The van der Waals surface area contributed by atoms with Gasteiger partial charge in [0.05, 0.1) is 26.0 Å². The molecular formula is C19H20N4O3. The molecule has 1 atom stereocenters. The zero-order valence-corrected chi connectivity index (χ0v) is 14.6. The van der Waals surface area contributed by atoms with Crippen LogP contribution in [0.1, 0.15) is 34.6 Å². The van der Waals surface area contributed by atoms with Crippen molar-refractivity contribution >= 4 is 5.91 Å². The molecule has 0 bridgehead atoms. The van der Waals surface area contributed by atoms with Crippen molar-refractivity contribution in [2.75, 3.05) is 7.11 Å². The number of nitrogens with zero attached hydrogens (tertiary/aromatic N) is 3. The Hall–Kier alpha value is -3.19. The van der Waals surface area contributed by atoms with E-state index in [1.165, 1.54) is 6.20 Å². The molecule has 1 aromatic carbocycles. The summed E-state index contributed by atoms with van der Waals surface area (Å²) in [6.45, 7) is 1.74. The van der Waals surface area contributed by atoms with Gasteiger partial charge >= 0.3 is 0 Å². The summed E-state index contributed by atoms with van der Waals surface area (Å²) in [5, 5.41) is 16.4. The van der Waals surface area contributed by atoms with E-state index in [2.05, 4.69) is 15.4 Å². The lowest BCUT2D eigenvalue weighted by atomic mass is 10.1. The second-order valence-corrected chi connectivity index (χ2v) is 5.79. The van der Waals surface area contributed by atoms with E-state index in [4.69, 9.17) is 4.74 Å². The third-order valence-corrected chi connectivity index (χ3v) is 4.02. The topological polar surface area (TPSA) is 89.3 Å².